The normalized spacial score (nSPS) is 13.3. The summed E-state index contributed by atoms with van der Waals surface area (Å²) in [6.07, 6.45) is -0.654. The zero-order chi connectivity index (χ0) is 22.4. The molecule has 164 valence electrons. The Labute approximate surface area is 181 Å². The van der Waals surface area contributed by atoms with E-state index in [2.05, 4.69) is 34.9 Å². The van der Waals surface area contributed by atoms with Gasteiger partial charge in [0.2, 0.25) is 5.91 Å². The van der Waals surface area contributed by atoms with E-state index >= 15 is 0 Å². The van der Waals surface area contributed by atoms with Crippen molar-refractivity contribution < 1.29 is 24.2 Å². The lowest BCUT2D eigenvalue weighted by atomic mass is 9.98. The van der Waals surface area contributed by atoms with Crippen LogP contribution in [0.5, 0.6) is 0 Å². The van der Waals surface area contributed by atoms with Crippen LogP contribution < -0.4 is 10.6 Å². The second-order valence-corrected chi connectivity index (χ2v) is 8.02. The van der Waals surface area contributed by atoms with Gasteiger partial charge in [-0.25, -0.2) is 4.79 Å². The summed E-state index contributed by atoms with van der Waals surface area (Å²) in [6, 6.07) is 15.8. The Bertz CT molecular complexity index is 911. The van der Waals surface area contributed by atoms with Gasteiger partial charge in [0.25, 0.3) is 0 Å². The number of ether oxygens (including phenoxy) is 1. The number of rotatable bonds is 9. The largest absolute Gasteiger partial charge is 0.481 e. The topological polar surface area (TPSA) is 105 Å². The Morgan fingerprint density at radius 3 is 2.13 bits per heavy atom. The van der Waals surface area contributed by atoms with Crippen molar-refractivity contribution in [1.29, 1.82) is 0 Å². The molecule has 1 atom stereocenters. The Hall–Kier alpha value is -3.35. The molecular weight excluding hydrogens is 396 g/mol. The monoisotopic (exact) mass is 424 g/mol. The maximum Gasteiger partial charge on any atom is 0.407 e. The molecule has 3 N–H and O–H groups in total. The van der Waals surface area contributed by atoms with E-state index in [1.54, 1.807) is 0 Å². The summed E-state index contributed by atoms with van der Waals surface area (Å²) in [6.45, 7) is 4.07. The van der Waals surface area contributed by atoms with E-state index in [1.165, 1.54) is 0 Å². The summed E-state index contributed by atoms with van der Waals surface area (Å²) >= 11 is 0. The van der Waals surface area contributed by atoms with Gasteiger partial charge < -0.3 is 20.5 Å². The van der Waals surface area contributed by atoms with E-state index in [1.807, 2.05) is 38.1 Å². The standard InChI is InChI=1S/C24H28N2O5/c1-15(2)21(13-22(27)25-12-11-23(28)29)26-24(30)31-14-20-18-9-5-3-7-16(18)17-8-4-6-10-19(17)20/h3-10,15,20-21H,11-14H2,1-2H3,(H,25,27)(H,26,30)(H,28,29)/t21-/m0/s1. The van der Waals surface area contributed by atoms with Gasteiger partial charge in [-0.1, -0.05) is 62.4 Å². The van der Waals surface area contributed by atoms with Crippen LogP contribution in [0.4, 0.5) is 4.79 Å². The van der Waals surface area contributed by atoms with Gasteiger partial charge in [0.15, 0.2) is 0 Å². The third-order valence-electron chi connectivity index (χ3n) is 5.52. The summed E-state index contributed by atoms with van der Waals surface area (Å²) in [5.74, 6) is -1.31. The fourth-order valence-electron chi connectivity index (χ4n) is 3.83. The molecule has 7 nitrogen and oxygen atoms in total. The number of hydrogen-bond acceptors (Lipinski definition) is 4. The van der Waals surface area contributed by atoms with Crippen molar-refractivity contribution in [3.8, 4) is 11.1 Å². The number of carbonyl (C=O) groups excluding carboxylic acids is 2. The minimum absolute atomic E-state index is 0.00528. The summed E-state index contributed by atoms with van der Waals surface area (Å²) < 4.78 is 5.56. The Morgan fingerprint density at radius 2 is 1.58 bits per heavy atom. The van der Waals surface area contributed by atoms with Gasteiger partial charge in [-0.15, -0.1) is 0 Å². The van der Waals surface area contributed by atoms with Crippen LogP contribution in [-0.2, 0) is 14.3 Å². The molecule has 2 aromatic rings. The van der Waals surface area contributed by atoms with Crippen LogP contribution in [0.15, 0.2) is 48.5 Å². The maximum atomic E-state index is 12.5. The summed E-state index contributed by atoms with van der Waals surface area (Å²) in [7, 11) is 0. The Morgan fingerprint density at radius 1 is 1.00 bits per heavy atom. The fraction of sp³-hybridized carbons (Fsp3) is 0.375. The van der Waals surface area contributed by atoms with Crippen LogP contribution >= 0.6 is 0 Å². The Kier molecular flexibility index (Phi) is 7.28. The lowest BCUT2D eigenvalue weighted by Crippen LogP contribution is -2.43. The van der Waals surface area contributed by atoms with E-state index in [0.29, 0.717) is 0 Å². The first kappa shape index (κ1) is 22.3. The number of carbonyl (C=O) groups is 3. The van der Waals surface area contributed by atoms with Crippen LogP contribution in [0.2, 0.25) is 0 Å². The fourth-order valence-corrected chi connectivity index (χ4v) is 3.83. The molecule has 1 aliphatic rings. The summed E-state index contributed by atoms with van der Waals surface area (Å²) in [5.41, 5.74) is 4.58. The molecule has 2 aromatic carbocycles. The molecule has 0 saturated heterocycles. The molecule has 0 radical (unpaired) electrons. The van der Waals surface area contributed by atoms with Gasteiger partial charge in [0.1, 0.15) is 6.61 Å². The van der Waals surface area contributed by atoms with Crippen molar-refractivity contribution in [2.75, 3.05) is 13.2 Å². The van der Waals surface area contributed by atoms with Gasteiger partial charge in [-0.3, -0.25) is 9.59 Å². The minimum atomic E-state index is -0.975. The van der Waals surface area contributed by atoms with Crippen LogP contribution in [0, 0.1) is 5.92 Å². The molecular formula is C24H28N2O5. The molecule has 0 fully saturated rings. The first-order valence-corrected chi connectivity index (χ1v) is 10.5. The first-order chi connectivity index (χ1) is 14.9. The predicted molar refractivity (Wildman–Crippen MR) is 117 cm³/mol. The number of carboxylic acid groups (broad SMARTS) is 1. The lowest BCUT2D eigenvalue weighted by Gasteiger charge is -2.22. The average Bonchev–Trinajstić information content (AvgIpc) is 3.05. The van der Waals surface area contributed by atoms with Crippen molar-refractivity contribution in [3.63, 3.8) is 0 Å². The van der Waals surface area contributed by atoms with E-state index in [0.717, 1.165) is 22.3 Å². The Balaban J connectivity index is 1.57. The van der Waals surface area contributed by atoms with Crippen LogP contribution in [0.25, 0.3) is 11.1 Å². The SMILES string of the molecule is CC(C)[C@H](CC(=O)NCCC(=O)O)NC(=O)OCC1c2ccccc2-c2ccccc21. The highest BCUT2D eigenvalue weighted by molar-refractivity contribution is 5.80. The second-order valence-electron chi connectivity index (χ2n) is 8.02. The van der Waals surface area contributed by atoms with Gasteiger partial charge in [0.05, 0.1) is 6.42 Å². The second kappa shape index (κ2) is 10.1. The van der Waals surface area contributed by atoms with Crippen molar-refractivity contribution >= 4 is 18.0 Å². The van der Waals surface area contributed by atoms with Crippen molar-refractivity contribution in [2.45, 2.75) is 38.6 Å². The van der Waals surface area contributed by atoms with Gasteiger partial charge >= 0.3 is 12.1 Å². The smallest absolute Gasteiger partial charge is 0.407 e. The molecule has 0 saturated carbocycles. The predicted octanol–water partition coefficient (Wildman–Crippen LogP) is 3.53. The molecule has 0 aromatic heterocycles. The minimum Gasteiger partial charge on any atom is -0.481 e. The van der Waals surface area contributed by atoms with E-state index < -0.39 is 18.1 Å². The van der Waals surface area contributed by atoms with E-state index in [4.69, 9.17) is 9.84 Å². The highest BCUT2D eigenvalue weighted by Crippen LogP contribution is 2.44. The number of amides is 2. The van der Waals surface area contributed by atoms with E-state index in [-0.39, 0.29) is 43.7 Å². The third-order valence-corrected chi connectivity index (χ3v) is 5.52. The zero-order valence-corrected chi connectivity index (χ0v) is 17.8. The van der Waals surface area contributed by atoms with Gasteiger partial charge in [0, 0.05) is 24.9 Å². The highest BCUT2D eigenvalue weighted by atomic mass is 16.5. The molecule has 0 heterocycles. The average molecular weight is 424 g/mol. The molecule has 7 heteroatoms. The third kappa shape index (κ3) is 5.63. The number of nitrogens with one attached hydrogen (secondary N) is 2. The molecule has 2 amide bonds. The van der Waals surface area contributed by atoms with Crippen LogP contribution in [-0.4, -0.2) is 42.3 Å². The summed E-state index contributed by atoms with van der Waals surface area (Å²) in [4.78, 5) is 35.1. The number of benzene rings is 2. The molecule has 0 aliphatic heterocycles. The summed E-state index contributed by atoms with van der Waals surface area (Å²) in [5, 5.41) is 14.0. The van der Waals surface area contributed by atoms with Crippen molar-refractivity contribution in [2.24, 2.45) is 5.92 Å². The molecule has 0 spiro atoms. The number of hydrogen-bond donors (Lipinski definition) is 3. The molecule has 0 unspecified atom stereocenters. The van der Waals surface area contributed by atoms with Crippen molar-refractivity contribution in [1.82, 2.24) is 10.6 Å². The van der Waals surface area contributed by atoms with Gasteiger partial charge in [-0.05, 0) is 28.2 Å². The first-order valence-electron chi connectivity index (χ1n) is 10.5. The van der Waals surface area contributed by atoms with Crippen molar-refractivity contribution in [3.05, 3.63) is 59.7 Å². The molecule has 3 rings (SSSR count). The molecule has 31 heavy (non-hydrogen) atoms. The molecule has 0 bridgehead atoms. The highest BCUT2D eigenvalue weighted by Gasteiger charge is 2.29. The number of aliphatic carboxylic acids is 1. The number of alkyl carbamates (subject to hydrolysis) is 1. The zero-order valence-electron chi connectivity index (χ0n) is 17.8. The lowest BCUT2D eigenvalue weighted by molar-refractivity contribution is -0.136. The molecule has 1 aliphatic carbocycles. The maximum absolute atomic E-state index is 12.5. The van der Waals surface area contributed by atoms with E-state index in [9.17, 15) is 14.4 Å². The van der Waals surface area contributed by atoms with Gasteiger partial charge in [-0.2, -0.15) is 0 Å². The van der Waals surface area contributed by atoms with Crippen LogP contribution in [0.3, 0.4) is 0 Å². The quantitative estimate of drug-likeness (QED) is 0.571. The number of fused-ring (bicyclic) bond motifs is 3. The number of carboxylic acids is 1. The van der Waals surface area contributed by atoms with Crippen LogP contribution in [0.1, 0.15) is 43.7 Å².